The summed E-state index contributed by atoms with van der Waals surface area (Å²) in [6.45, 7) is 2.02. The molecule has 7 heteroatoms. The van der Waals surface area contributed by atoms with Crippen LogP contribution in [0.4, 0.5) is 0 Å². The van der Waals surface area contributed by atoms with Gasteiger partial charge in [-0.2, -0.15) is 0 Å². The number of aliphatic hydroxyl groups excluding tert-OH is 1. The van der Waals surface area contributed by atoms with Gasteiger partial charge in [-0.3, -0.25) is 4.79 Å². The highest BCUT2D eigenvalue weighted by Crippen LogP contribution is 2.54. The fourth-order valence-corrected chi connectivity index (χ4v) is 5.26. The number of aliphatic hydroxyl groups is 1. The lowest BCUT2D eigenvalue weighted by Crippen LogP contribution is -2.29. The van der Waals surface area contributed by atoms with Crippen LogP contribution in [0, 0.1) is 11.8 Å². The Labute approximate surface area is 178 Å². The van der Waals surface area contributed by atoms with E-state index in [2.05, 4.69) is 4.98 Å². The van der Waals surface area contributed by atoms with Gasteiger partial charge in [-0.15, -0.1) is 0 Å². The number of Topliss-reactive ketones (excluding diaryl/α,β-unsaturated/α-hetero) is 1. The SMILES string of the molecule is CCc1ccc(Oc2ncc(Cl)cc2Cl)cc1C1=C(O)[C@H]2[C@@H](C1=O)[C@@H]1CC[C@H]2O1. The van der Waals surface area contributed by atoms with Crippen LogP contribution in [0.25, 0.3) is 5.57 Å². The number of hydrogen-bond donors (Lipinski definition) is 1. The van der Waals surface area contributed by atoms with Gasteiger partial charge >= 0.3 is 0 Å². The Hall–Kier alpha value is -2.08. The summed E-state index contributed by atoms with van der Waals surface area (Å²) in [6.07, 6.45) is 3.80. The third-order valence-electron chi connectivity index (χ3n) is 6.11. The summed E-state index contributed by atoms with van der Waals surface area (Å²) in [5.74, 6) is 0.336. The first-order chi connectivity index (χ1) is 14.0. The van der Waals surface area contributed by atoms with Crippen LogP contribution in [-0.4, -0.2) is 28.1 Å². The summed E-state index contributed by atoms with van der Waals surface area (Å²) in [7, 11) is 0. The lowest BCUT2D eigenvalue weighted by molar-refractivity contribution is -0.118. The number of fused-ring (bicyclic) bond motifs is 5. The number of benzene rings is 1. The molecule has 2 saturated heterocycles. The molecule has 1 aromatic heterocycles. The molecule has 0 amide bonds. The number of ether oxygens (including phenoxy) is 2. The number of carbonyl (C=O) groups excluding carboxylic acids is 1. The second kappa shape index (κ2) is 7.01. The minimum atomic E-state index is -0.273. The number of pyridine rings is 1. The van der Waals surface area contributed by atoms with Crippen molar-refractivity contribution in [1.82, 2.24) is 4.98 Å². The van der Waals surface area contributed by atoms with Gasteiger partial charge in [0.2, 0.25) is 5.88 Å². The molecule has 5 nitrogen and oxygen atoms in total. The minimum Gasteiger partial charge on any atom is -0.511 e. The second-order valence-electron chi connectivity index (χ2n) is 7.68. The first-order valence-electron chi connectivity index (χ1n) is 9.73. The van der Waals surface area contributed by atoms with Crippen molar-refractivity contribution in [1.29, 1.82) is 0 Å². The molecule has 150 valence electrons. The molecule has 3 aliphatic rings. The van der Waals surface area contributed by atoms with Crippen molar-refractivity contribution >= 4 is 34.6 Å². The van der Waals surface area contributed by atoms with E-state index in [0.717, 1.165) is 24.8 Å². The maximum atomic E-state index is 13.2. The molecule has 0 unspecified atom stereocenters. The van der Waals surface area contributed by atoms with Crippen molar-refractivity contribution in [3.05, 3.63) is 57.4 Å². The number of allylic oxidation sites excluding steroid dienone is 1. The zero-order chi connectivity index (χ0) is 20.3. The maximum Gasteiger partial charge on any atom is 0.238 e. The number of aromatic nitrogens is 1. The average Bonchev–Trinajstić information content (AvgIpc) is 3.38. The molecular weight excluding hydrogens is 413 g/mol. The highest BCUT2D eigenvalue weighted by molar-refractivity contribution is 6.35. The second-order valence-corrected chi connectivity index (χ2v) is 8.53. The number of aryl methyl sites for hydroxylation is 1. The Balaban J connectivity index is 1.54. The van der Waals surface area contributed by atoms with Crippen LogP contribution in [0.2, 0.25) is 10.0 Å². The Bertz CT molecular complexity index is 1050. The van der Waals surface area contributed by atoms with Gasteiger partial charge in [0.15, 0.2) is 5.78 Å². The number of ketones is 1. The highest BCUT2D eigenvalue weighted by Gasteiger charge is 2.59. The van der Waals surface area contributed by atoms with E-state index >= 15 is 0 Å². The van der Waals surface area contributed by atoms with E-state index in [1.165, 1.54) is 6.20 Å². The third-order valence-corrected chi connectivity index (χ3v) is 6.59. The molecule has 1 N–H and O–H groups in total. The largest absolute Gasteiger partial charge is 0.511 e. The first kappa shape index (κ1) is 18.9. The van der Waals surface area contributed by atoms with Crippen LogP contribution in [0.15, 0.2) is 36.2 Å². The zero-order valence-corrected chi connectivity index (χ0v) is 17.2. The van der Waals surface area contributed by atoms with Gasteiger partial charge in [-0.1, -0.05) is 36.2 Å². The Morgan fingerprint density at radius 1 is 1.21 bits per heavy atom. The lowest BCUT2D eigenvalue weighted by atomic mass is 9.80. The van der Waals surface area contributed by atoms with Crippen molar-refractivity contribution in [3.8, 4) is 11.6 Å². The van der Waals surface area contributed by atoms with Crippen LogP contribution in [0.3, 0.4) is 0 Å². The van der Waals surface area contributed by atoms with Gasteiger partial charge in [0.05, 0.1) is 34.6 Å². The third kappa shape index (κ3) is 2.95. The van der Waals surface area contributed by atoms with Crippen LogP contribution in [-0.2, 0) is 16.0 Å². The van der Waals surface area contributed by atoms with Crippen molar-refractivity contribution in [2.45, 2.75) is 38.4 Å². The highest BCUT2D eigenvalue weighted by atomic mass is 35.5. The number of nitrogens with zero attached hydrogens (tertiary/aromatic N) is 1. The van der Waals surface area contributed by atoms with Crippen molar-refractivity contribution in [2.24, 2.45) is 11.8 Å². The minimum absolute atomic E-state index is 0.0331. The normalized spacial score (nSPS) is 27.6. The Kier molecular flexibility index (Phi) is 4.57. The van der Waals surface area contributed by atoms with Gasteiger partial charge in [0.25, 0.3) is 0 Å². The number of halogens is 2. The molecular formula is C22H19Cl2NO4. The van der Waals surface area contributed by atoms with E-state index in [4.69, 9.17) is 32.7 Å². The fraction of sp³-hybridized carbons (Fsp3) is 0.364. The monoisotopic (exact) mass is 431 g/mol. The zero-order valence-electron chi connectivity index (χ0n) is 15.7. The summed E-state index contributed by atoms with van der Waals surface area (Å²) in [6, 6.07) is 7.04. The summed E-state index contributed by atoms with van der Waals surface area (Å²) < 4.78 is 11.7. The predicted molar refractivity (Wildman–Crippen MR) is 110 cm³/mol. The standard InChI is InChI=1S/C22H19Cl2NO4/c1-2-10-3-4-12(28-22-14(24)7-11(23)9-25-22)8-13(10)17-20(26)18-15-5-6-16(29-15)19(18)21(17)27/h3-4,7-9,15-16,18-19,26H,2,5-6H2,1H3/t15-,16+,18-,19+/m1/s1. The summed E-state index contributed by atoms with van der Waals surface area (Å²) in [4.78, 5) is 17.3. The predicted octanol–water partition coefficient (Wildman–Crippen LogP) is 5.39. The van der Waals surface area contributed by atoms with Crippen LogP contribution < -0.4 is 4.74 Å². The lowest BCUT2D eigenvalue weighted by Gasteiger charge is -2.19. The molecule has 0 saturated carbocycles. The van der Waals surface area contributed by atoms with Crippen LogP contribution >= 0.6 is 23.2 Å². The molecule has 0 radical (unpaired) electrons. The van der Waals surface area contributed by atoms with E-state index in [-0.39, 0.29) is 41.5 Å². The van der Waals surface area contributed by atoms with Crippen molar-refractivity contribution < 1.29 is 19.4 Å². The molecule has 1 aliphatic carbocycles. The average molecular weight is 432 g/mol. The number of hydrogen-bond acceptors (Lipinski definition) is 5. The number of rotatable bonds is 4. The Morgan fingerprint density at radius 3 is 2.66 bits per heavy atom. The molecule has 0 spiro atoms. The Morgan fingerprint density at radius 2 is 1.97 bits per heavy atom. The van der Waals surface area contributed by atoms with E-state index in [9.17, 15) is 9.90 Å². The van der Waals surface area contributed by atoms with Gasteiger partial charge in [-0.05, 0) is 48.6 Å². The molecule has 5 rings (SSSR count). The summed E-state index contributed by atoms with van der Waals surface area (Å²) in [5, 5.41) is 11.7. The van der Waals surface area contributed by atoms with E-state index in [0.29, 0.717) is 26.9 Å². The van der Waals surface area contributed by atoms with Gasteiger partial charge in [-0.25, -0.2) is 4.98 Å². The van der Waals surface area contributed by atoms with Crippen molar-refractivity contribution in [2.75, 3.05) is 0 Å². The molecule has 2 fully saturated rings. The molecule has 1 aromatic carbocycles. The molecule has 2 bridgehead atoms. The fourth-order valence-electron chi connectivity index (χ4n) is 4.84. The van der Waals surface area contributed by atoms with Gasteiger partial charge in [0.1, 0.15) is 16.5 Å². The van der Waals surface area contributed by atoms with Gasteiger partial charge < -0.3 is 14.6 Å². The topological polar surface area (TPSA) is 68.7 Å². The summed E-state index contributed by atoms with van der Waals surface area (Å²) >= 11 is 12.1. The smallest absolute Gasteiger partial charge is 0.238 e. The maximum absolute atomic E-state index is 13.2. The number of carbonyl (C=O) groups is 1. The molecule has 29 heavy (non-hydrogen) atoms. The van der Waals surface area contributed by atoms with Crippen LogP contribution in [0.5, 0.6) is 11.6 Å². The first-order valence-corrected chi connectivity index (χ1v) is 10.5. The van der Waals surface area contributed by atoms with E-state index < -0.39 is 0 Å². The quantitative estimate of drug-likeness (QED) is 0.702. The molecule has 2 aliphatic heterocycles. The van der Waals surface area contributed by atoms with Gasteiger partial charge in [0, 0.05) is 6.20 Å². The summed E-state index contributed by atoms with van der Waals surface area (Å²) in [5.41, 5.74) is 2.07. The van der Waals surface area contributed by atoms with E-state index in [1.807, 2.05) is 13.0 Å². The van der Waals surface area contributed by atoms with Crippen LogP contribution in [0.1, 0.15) is 30.9 Å². The van der Waals surface area contributed by atoms with Crippen molar-refractivity contribution in [3.63, 3.8) is 0 Å². The molecule has 3 heterocycles. The van der Waals surface area contributed by atoms with E-state index in [1.54, 1.807) is 18.2 Å². The molecule has 2 aromatic rings. The molecule has 4 atom stereocenters.